The van der Waals surface area contributed by atoms with Crippen molar-refractivity contribution in [3.05, 3.63) is 53.2 Å². The van der Waals surface area contributed by atoms with Crippen molar-refractivity contribution in [2.24, 2.45) is 0 Å². The van der Waals surface area contributed by atoms with Gasteiger partial charge in [0.1, 0.15) is 24.4 Å². The number of halogens is 3. The first kappa shape index (κ1) is 22.6. The van der Waals surface area contributed by atoms with E-state index in [-0.39, 0.29) is 5.69 Å². The highest BCUT2D eigenvalue weighted by atomic mass is 19.4. The van der Waals surface area contributed by atoms with Crippen LogP contribution in [0.25, 0.3) is 11.3 Å². The number of rotatable bonds is 4. The van der Waals surface area contributed by atoms with E-state index in [0.717, 1.165) is 29.5 Å². The van der Waals surface area contributed by atoms with Gasteiger partial charge >= 0.3 is 6.18 Å². The molecule has 0 amide bonds. The normalized spacial score (nSPS) is 28.4. The van der Waals surface area contributed by atoms with E-state index in [2.05, 4.69) is 4.98 Å². The summed E-state index contributed by atoms with van der Waals surface area (Å²) >= 11 is 0. The summed E-state index contributed by atoms with van der Waals surface area (Å²) in [7, 11) is 0. The zero-order valence-electron chi connectivity index (χ0n) is 16.4. The Bertz CT molecular complexity index is 889. The molecule has 0 radical (unpaired) electrons. The van der Waals surface area contributed by atoms with Crippen LogP contribution in [0.5, 0.6) is 0 Å². The fourth-order valence-corrected chi connectivity index (χ4v) is 3.83. The van der Waals surface area contributed by atoms with Crippen LogP contribution in [0, 0.1) is 6.92 Å². The summed E-state index contributed by atoms with van der Waals surface area (Å²) in [5.41, 5.74) is 1.37. The fraction of sp³-hybridized carbons (Fsp3) is 0.476. The number of nitrogens with zero attached hydrogens (tertiary/aromatic N) is 1. The van der Waals surface area contributed by atoms with Crippen LogP contribution in [0.3, 0.4) is 0 Å². The van der Waals surface area contributed by atoms with Crippen LogP contribution in [0.2, 0.25) is 0 Å². The van der Waals surface area contributed by atoms with Crippen LogP contribution >= 0.6 is 0 Å². The first-order valence-corrected chi connectivity index (χ1v) is 9.49. The second kappa shape index (κ2) is 8.60. The molecule has 9 heteroatoms. The summed E-state index contributed by atoms with van der Waals surface area (Å²) in [6, 6.07) is 6.92. The summed E-state index contributed by atoms with van der Waals surface area (Å²) < 4.78 is 44.5. The van der Waals surface area contributed by atoms with Gasteiger partial charge in [0.05, 0.1) is 24.0 Å². The van der Waals surface area contributed by atoms with E-state index < -0.39 is 54.8 Å². The average Bonchev–Trinajstić information content (AvgIpc) is 2.71. The Balaban J connectivity index is 1.88. The third kappa shape index (κ3) is 4.35. The van der Waals surface area contributed by atoms with Crippen molar-refractivity contribution >= 4 is 0 Å². The number of aliphatic hydroxyl groups excluding tert-OH is 4. The predicted molar refractivity (Wildman–Crippen MR) is 102 cm³/mol. The molecule has 1 fully saturated rings. The van der Waals surface area contributed by atoms with Gasteiger partial charge in [0.15, 0.2) is 0 Å². The maximum absolute atomic E-state index is 13.0. The maximum Gasteiger partial charge on any atom is 0.416 e. The number of pyridine rings is 1. The quantitative estimate of drug-likeness (QED) is 0.596. The molecule has 4 N–H and O–H groups in total. The van der Waals surface area contributed by atoms with Crippen LogP contribution in [0.4, 0.5) is 13.2 Å². The molecule has 6 nitrogen and oxygen atoms in total. The first-order chi connectivity index (χ1) is 14.0. The van der Waals surface area contributed by atoms with Crippen molar-refractivity contribution in [3.63, 3.8) is 0 Å². The van der Waals surface area contributed by atoms with Gasteiger partial charge in [-0.2, -0.15) is 13.2 Å². The van der Waals surface area contributed by atoms with Gasteiger partial charge < -0.3 is 25.2 Å². The number of ether oxygens (including phenoxy) is 1. The highest BCUT2D eigenvalue weighted by Gasteiger charge is 2.45. The van der Waals surface area contributed by atoms with Gasteiger partial charge in [-0.25, -0.2) is 0 Å². The molecule has 0 aliphatic carbocycles. The lowest BCUT2D eigenvalue weighted by atomic mass is 9.83. The van der Waals surface area contributed by atoms with Crippen LogP contribution in [-0.4, -0.2) is 62.5 Å². The molecule has 1 aliphatic rings. The third-order valence-corrected chi connectivity index (χ3v) is 5.57. The molecule has 0 unspecified atom stereocenters. The molecule has 3 rings (SSSR count). The number of aryl methyl sites for hydroxylation is 1. The number of hydrogen-bond donors (Lipinski definition) is 4. The Morgan fingerprint density at radius 2 is 1.77 bits per heavy atom. The lowest BCUT2D eigenvalue weighted by Gasteiger charge is -2.42. The standard InChI is InChI=1S/C21H24F3NO5/c1-10-7-12(15-8-13(5-6-25-15)21(22,23)24)3-4-14(10)11(2)20-19(29)18(28)17(27)16(9-26)30-20/h3-8,11,16-20,26-29H,9H2,1-2H3/t11-,16-,17-,18+,19+,20-/m1/s1. The Kier molecular flexibility index (Phi) is 6.49. The number of benzene rings is 1. The minimum absolute atomic E-state index is 0.181. The average molecular weight is 427 g/mol. The summed E-state index contributed by atoms with van der Waals surface area (Å²) in [6.45, 7) is 3.01. The largest absolute Gasteiger partial charge is 0.416 e. The Hall–Kier alpha value is -2.04. The molecule has 1 aromatic heterocycles. The van der Waals surface area contributed by atoms with Crippen molar-refractivity contribution in [3.8, 4) is 11.3 Å². The highest BCUT2D eigenvalue weighted by Crippen LogP contribution is 2.35. The van der Waals surface area contributed by atoms with E-state index >= 15 is 0 Å². The van der Waals surface area contributed by atoms with Crippen molar-refractivity contribution in [2.45, 2.75) is 56.5 Å². The molecule has 0 bridgehead atoms. The number of aromatic nitrogens is 1. The molecule has 30 heavy (non-hydrogen) atoms. The summed E-state index contributed by atoms with van der Waals surface area (Å²) in [5.74, 6) is -0.431. The Labute approximate surface area is 171 Å². The fourth-order valence-electron chi connectivity index (χ4n) is 3.83. The summed E-state index contributed by atoms with van der Waals surface area (Å²) in [5, 5.41) is 39.7. The molecule has 2 aromatic rings. The zero-order valence-corrected chi connectivity index (χ0v) is 16.4. The summed E-state index contributed by atoms with van der Waals surface area (Å²) in [6.07, 6.45) is -9.55. The van der Waals surface area contributed by atoms with Crippen LogP contribution in [0.1, 0.15) is 29.5 Å². The lowest BCUT2D eigenvalue weighted by molar-refractivity contribution is -0.233. The molecule has 1 aliphatic heterocycles. The van der Waals surface area contributed by atoms with E-state index in [1.807, 2.05) is 0 Å². The smallest absolute Gasteiger partial charge is 0.394 e. The van der Waals surface area contributed by atoms with Crippen molar-refractivity contribution in [1.29, 1.82) is 0 Å². The maximum atomic E-state index is 13.0. The molecular weight excluding hydrogens is 403 g/mol. The molecule has 0 spiro atoms. The Morgan fingerprint density at radius 3 is 2.37 bits per heavy atom. The SMILES string of the molecule is Cc1cc(-c2cc(C(F)(F)F)ccn2)ccc1[C@@H](C)[C@H]1O[C@H](CO)[C@@H](O)[C@H](O)[C@@H]1O. The molecule has 0 saturated carbocycles. The van der Waals surface area contributed by atoms with Gasteiger partial charge in [0.25, 0.3) is 0 Å². The number of alkyl halides is 3. The van der Waals surface area contributed by atoms with E-state index in [4.69, 9.17) is 4.74 Å². The lowest BCUT2D eigenvalue weighted by Crippen LogP contribution is -2.59. The molecular formula is C21H24F3NO5. The van der Waals surface area contributed by atoms with Gasteiger partial charge in [-0.1, -0.05) is 19.1 Å². The van der Waals surface area contributed by atoms with Gasteiger partial charge in [-0.3, -0.25) is 4.98 Å². The monoisotopic (exact) mass is 427 g/mol. The molecule has 164 valence electrons. The van der Waals surface area contributed by atoms with E-state index in [9.17, 15) is 33.6 Å². The number of hydrogen-bond acceptors (Lipinski definition) is 6. The summed E-state index contributed by atoms with van der Waals surface area (Å²) in [4.78, 5) is 4.03. The first-order valence-electron chi connectivity index (χ1n) is 9.49. The molecule has 1 aromatic carbocycles. The minimum atomic E-state index is -4.47. The Morgan fingerprint density at radius 1 is 1.07 bits per heavy atom. The van der Waals surface area contributed by atoms with Crippen LogP contribution in [0.15, 0.2) is 36.5 Å². The topological polar surface area (TPSA) is 103 Å². The number of aliphatic hydroxyl groups is 4. The van der Waals surface area contributed by atoms with Crippen molar-refractivity contribution in [1.82, 2.24) is 4.98 Å². The van der Waals surface area contributed by atoms with Crippen LogP contribution < -0.4 is 0 Å². The van der Waals surface area contributed by atoms with Gasteiger partial charge in [-0.15, -0.1) is 0 Å². The van der Waals surface area contributed by atoms with Crippen LogP contribution in [-0.2, 0) is 10.9 Å². The van der Waals surface area contributed by atoms with Gasteiger partial charge in [0, 0.05) is 17.7 Å². The van der Waals surface area contributed by atoms with Gasteiger partial charge in [-0.05, 0) is 36.2 Å². The molecule has 1 saturated heterocycles. The van der Waals surface area contributed by atoms with E-state index in [0.29, 0.717) is 5.56 Å². The predicted octanol–water partition coefficient (Wildman–Crippen LogP) is 2.02. The molecule has 6 atom stereocenters. The third-order valence-electron chi connectivity index (χ3n) is 5.57. The molecule has 2 heterocycles. The van der Waals surface area contributed by atoms with Crippen molar-refractivity contribution < 1.29 is 38.3 Å². The zero-order chi connectivity index (χ0) is 22.2. The highest BCUT2D eigenvalue weighted by molar-refractivity contribution is 5.62. The minimum Gasteiger partial charge on any atom is -0.394 e. The second-order valence-corrected chi connectivity index (χ2v) is 7.58. The van der Waals surface area contributed by atoms with Gasteiger partial charge in [0.2, 0.25) is 0 Å². The van der Waals surface area contributed by atoms with E-state index in [1.54, 1.807) is 32.0 Å². The second-order valence-electron chi connectivity index (χ2n) is 7.58. The van der Waals surface area contributed by atoms with E-state index in [1.165, 1.54) is 0 Å². The van der Waals surface area contributed by atoms with Crippen molar-refractivity contribution in [2.75, 3.05) is 6.61 Å².